The van der Waals surface area contributed by atoms with Crippen LogP contribution >= 0.6 is 11.3 Å². The van der Waals surface area contributed by atoms with E-state index in [1.165, 1.54) is 67.8 Å². The Morgan fingerprint density at radius 2 is 1.92 bits per heavy atom. The zero-order valence-electron chi connectivity index (χ0n) is 22.5. The van der Waals surface area contributed by atoms with Gasteiger partial charge in [-0.3, -0.25) is 4.98 Å². The Morgan fingerprint density at radius 1 is 1.05 bits per heavy atom. The van der Waals surface area contributed by atoms with E-state index in [4.69, 9.17) is 4.74 Å². The van der Waals surface area contributed by atoms with Crippen molar-refractivity contribution in [2.24, 2.45) is 5.92 Å². The second-order valence-electron chi connectivity index (χ2n) is 10.8. The lowest BCUT2D eigenvalue weighted by Gasteiger charge is -2.33. The first-order valence-electron chi connectivity index (χ1n) is 13.7. The van der Waals surface area contributed by atoms with Gasteiger partial charge in [0, 0.05) is 42.4 Å². The molecule has 8 heteroatoms. The van der Waals surface area contributed by atoms with Crippen molar-refractivity contribution in [2.45, 2.75) is 39.5 Å². The molecule has 1 N–H and O–H groups in total. The molecule has 0 bridgehead atoms. The molecule has 0 amide bonds. The summed E-state index contributed by atoms with van der Waals surface area (Å²) in [6.45, 7) is 10.1. The molecule has 1 aliphatic carbocycles. The van der Waals surface area contributed by atoms with Crippen LogP contribution < -0.4 is 10.1 Å². The third kappa shape index (κ3) is 5.53. The highest BCUT2D eigenvalue weighted by atomic mass is 32.1. The Hall–Kier alpha value is -3.07. The minimum atomic E-state index is 0.739. The number of thiophene rings is 1. The number of piperazine rings is 1. The fourth-order valence-electron chi connectivity index (χ4n) is 5.58. The van der Waals surface area contributed by atoms with Gasteiger partial charge in [0.15, 0.2) is 0 Å². The maximum Gasteiger partial charge on any atom is 0.145 e. The Balaban J connectivity index is 1.15. The average molecular weight is 529 g/mol. The summed E-state index contributed by atoms with van der Waals surface area (Å²) in [6, 6.07) is 10.1. The number of ether oxygens (including phenoxy) is 1. The lowest BCUT2D eigenvalue weighted by atomic mass is 9.85. The maximum atomic E-state index is 6.06. The number of benzene rings is 1. The second kappa shape index (κ2) is 11.0. The van der Waals surface area contributed by atoms with Gasteiger partial charge in [0.2, 0.25) is 0 Å². The summed E-state index contributed by atoms with van der Waals surface area (Å²) in [6.07, 6.45) is 8.27. The Kier molecular flexibility index (Phi) is 7.28. The van der Waals surface area contributed by atoms with Crippen molar-refractivity contribution in [1.82, 2.24) is 24.8 Å². The maximum absolute atomic E-state index is 6.06. The van der Waals surface area contributed by atoms with E-state index in [1.54, 1.807) is 12.5 Å². The Morgan fingerprint density at radius 3 is 2.71 bits per heavy atom. The van der Waals surface area contributed by atoms with Crippen molar-refractivity contribution >= 4 is 33.1 Å². The van der Waals surface area contributed by atoms with E-state index >= 15 is 0 Å². The topological polar surface area (TPSA) is 66.4 Å². The Labute approximate surface area is 228 Å². The van der Waals surface area contributed by atoms with E-state index in [1.807, 2.05) is 42.5 Å². The SMILES string of the molecule is Cc1ccc(Oc2ccc(Nc3ncnc4sc5c(c34)CCC(CCN3CCN(C)CC3)C5)cc2C)cn1. The van der Waals surface area contributed by atoms with Crippen LogP contribution in [0.4, 0.5) is 11.5 Å². The lowest BCUT2D eigenvalue weighted by Crippen LogP contribution is -2.45. The largest absolute Gasteiger partial charge is 0.455 e. The van der Waals surface area contributed by atoms with E-state index in [9.17, 15) is 0 Å². The number of likely N-dealkylation sites (N-methyl/N-ethyl adjacent to an activating group) is 1. The van der Waals surface area contributed by atoms with Crippen molar-refractivity contribution in [3.8, 4) is 11.5 Å². The molecule has 38 heavy (non-hydrogen) atoms. The van der Waals surface area contributed by atoms with E-state index in [2.05, 4.69) is 50.1 Å². The van der Waals surface area contributed by atoms with Crippen molar-refractivity contribution in [2.75, 3.05) is 45.1 Å². The summed E-state index contributed by atoms with van der Waals surface area (Å²) in [5, 5.41) is 4.79. The summed E-state index contributed by atoms with van der Waals surface area (Å²) in [7, 11) is 2.22. The molecule has 1 saturated heterocycles. The van der Waals surface area contributed by atoms with Crippen LogP contribution in [0.3, 0.4) is 0 Å². The van der Waals surface area contributed by atoms with Crippen LogP contribution in [0.15, 0.2) is 42.9 Å². The number of nitrogens with zero attached hydrogens (tertiary/aromatic N) is 5. The molecule has 1 fully saturated rings. The highest BCUT2D eigenvalue weighted by Gasteiger charge is 2.26. The minimum Gasteiger partial charge on any atom is -0.455 e. The zero-order valence-corrected chi connectivity index (χ0v) is 23.4. The number of nitrogens with one attached hydrogen (secondary N) is 1. The van der Waals surface area contributed by atoms with Crippen LogP contribution in [0, 0.1) is 19.8 Å². The molecular formula is C30H36N6OS. The normalized spacial score (nSPS) is 18.4. The summed E-state index contributed by atoms with van der Waals surface area (Å²) < 4.78 is 6.06. The number of pyridine rings is 1. The molecule has 198 valence electrons. The number of fused-ring (bicyclic) bond motifs is 3. The molecule has 6 rings (SSSR count). The molecule has 4 aromatic rings. The van der Waals surface area contributed by atoms with Crippen LogP contribution in [0.1, 0.15) is 34.5 Å². The third-order valence-corrected chi connectivity index (χ3v) is 9.11. The number of anilines is 2. The highest BCUT2D eigenvalue weighted by Crippen LogP contribution is 2.41. The number of rotatable bonds is 7. The summed E-state index contributed by atoms with van der Waals surface area (Å²) in [4.78, 5) is 21.3. The van der Waals surface area contributed by atoms with Crippen LogP contribution in [0.5, 0.6) is 11.5 Å². The number of aryl methyl sites for hydroxylation is 3. The molecule has 0 spiro atoms. The molecule has 2 aliphatic rings. The van der Waals surface area contributed by atoms with Gasteiger partial charge in [-0.1, -0.05) is 0 Å². The predicted octanol–water partition coefficient (Wildman–Crippen LogP) is 5.98. The van der Waals surface area contributed by atoms with Gasteiger partial charge in [0.1, 0.15) is 28.5 Å². The molecule has 1 atom stereocenters. The summed E-state index contributed by atoms with van der Waals surface area (Å²) in [5.41, 5.74) is 4.48. The minimum absolute atomic E-state index is 0.739. The van der Waals surface area contributed by atoms with E-state index in [-0.39, 0.29) is 0 Å². The van der Waals surface area contributed by atoms with Crippen molar-refractivity contribution in [1.29, 1.82) is 0 Å². The monoisotopic (exact) mass is 528 g/mol. The van der Waals surface area contributed by atoms with Gasteiger partial charge in [-0.05, 0) is 100 Å². The molecule has 4 heterocycles. The first kappa shape index (κ1) is 25.2. The van der Waals surface area contributed by atoms with E-state index in [0.717, 1.165) is 51.4 Å². The van der Waals surface area contributed by atoms with Crippen LogP contribution in [0.2, 0.25) is 0 Å². The van der Waals surface area contributed by atoms with E-state index in [0.29, 0.717) is 0 Å². The quantitative estimate of drug-likeness (QED) is 0.316. The molecule has 0 saturated carbocycles. The van der Waals surface area contributed by atoms with Gasteiger partial charge in [-0.2, -0.15) is 0 Å². The highest BCUT2D eigenvalue weighted by molar-refractivity contribution is 7.19. The number of aromatic nitrogens is 3. The van der Waals surface area contributed by atoms with Gasteiger partial charge >= 0.3 is 0 Å². The van der Waals surface area contributed by atoms with Crippen molar-refractivity contribution in [3.05, 3.63) is 64.6 Å². The third-order valence-electron chi connectivity index (χ3n) is 7.95. The van der Waals surface area contributed by atoms with Crippen molar-refractivity contribution in [3.63, 3.8) is 0 Å². The smallest absolute Gasteiger partial charge is 0.145 e. The number of hydrogen-bond donors (Lipinski definition) is 1. The summed E-state index contributed by atoms with van der Waals surface area (Å²) in [5.74, 6) is 3.23. The molecule has 1 aromatic carbocycles. The first-order valence-corrected chi connectivity index (χ1v) is 14.5. The predicted molar refractivity (Wildman–Crippen MR) is 155 cm³/mol. The van der Waals surface area contributed by atoms with Gasteiger partial charge in [0.25, 0.3) is 0 Å². The fourth-order valence-corrected chi connectivity index (χ4v) is 6.88. The van der Waals surface area contributed by atoms with Gasteiger partial charge in [-0.25, -0.2) is 9.97 Å². The lowest BCUT2D eigenvalue weighted by molar-refractivity contribution is 0.145. The van der Waals surface area contributed by atoms with Gasteiger partial charge in [0.05, 0.1) is 11.6 Å². The molecule has 1 aliphatic heterocycles. The summed E-state index contributed by atoms with van der Waals surface area (Å²) >= 11 is 1.86. The molecule has 7 nitrogen and oxygen atoms in total. The molecule has 0 radical (unpaired) electrons. The molecule has 1 unspecified atom stereocenters. The first-order chi connectivity index (χ1) is 18.5. The second-order valence-corrected chi connectivity index (χ2v) is 11.9. The fraction of sp³-hybridized carbons (Fsp3) is 0.433. The van der Waals surface area contributed by atoms with E-state index < -0.39 is 0 Å². The Bertz CT molecular complexity index is 1410. The van der Waals surface area contributed by atoms with Crippen LogP contribution in [-0.2, 0) is 12.8 Å². The van der Waals surface area contributed by atoms with Gasteiger partial charge < -0.3 is 19.9 Å². The zero-order chi connectivity index (χ0) is 26.1. The average Bonchev–Trinajstić information content (AvgIpc) is 3.30. The van der Waals surface area contributed by atoms with Crippen LogP contribution in [0.25, 0.3) is 10.2 Å². The molecule has 3 aromatic heterocycles. The van der Waals surface area contributed by atoms with Gasteiger partial charge in [-0.15, -0.1) is 11.3 Å². The standard InChI is InChI=1S/C30H36N6OS/c1-20-16-23(6-9-26(20)37-24-7-4-21(2)31-18-24)34-29-28-25-8-5-22(10-11-36-14-12-35(3)13-15-36)17-27(25)38-30(28)33-19-32-29/h4,6-7,9,16,18-19,22H,5,8,10-15,17H2,1-3H3,(H,32,33,34). The van der Waals surface area contributed by atoms with Crippen molar-refractivity contribution < 1.29 is 4.74 Å². The van der Waals surface area contributed by atoms with Crippen LogP contribution in [-0.4, -0.2) is 64.5 Å². The number of hydrogen-bond acceptors (Lipinski definition) is 8. The molecular weight excluding hydrogens is 492 g/mol.